The summed E-state index contributed by atoms with van der Waals surface area (Å²) in [5.74, 6) is -0.889. The fraction of sp³-hybridized carbons (Fsp3) is 0.833. The summed E-state index contributed by atoms with van der Waals surface area (Å²) < 4.78 is 0. The molecule has 0 aromatic rings. The first kappa shape index (κ1) is 15.7. The van der Waals surface area contributed by atoms with Gasteiger partial charge >= 0.3 is 12.0 Å². The highest BCUT2D eigenvalue weighted by molar-refractivity contribution is 5.74. The second-order valence-electron chi connectivity index (χ2n) is 4.60. The van der Waals surface area contributed by atoms with Gasteiger partial charge in [0.25, 0.3) is 0 Å². The lowest BCUT2D eigenvalue weighted by molar-refractivity contribution is -0.137. The Morgan fingerprint density at radius 3 is 2.47 bits per heavy atom. The van der Waals surface area contributed by atoms with Crippen molar-refractivity contribution in [3.63, 3.8) is 0 Å². The van der Waals surface area contributed by atoms with Crippen LogP contribution in [0, 0.1) is 5.92 Å². The van der Waals surface area contributed by atoms with E-state index in [0.717, 1.165) is 19.3 Å². The van der Waals surface area contributed by atoms with Crippen LogP contribution in [0.5, 0.6) is 0 Å². The van der Waals surface area contributed by atoms with E-state index in [1.165, 1.54) is 0 Å². The number of rotatable bonds is 8. The average molecular weight is 244 g/mol. The summed E-state index contributed by atoms with van der Waals surface area (Å²) in [6, 6.07) is -0.0597. The van der Waals surface area contributed by atoms with Crippen LogP contribution in [-0.4, -0.2) is 29.7 Å². The lowest BCUT2D eigenvalue weighted by Gasteiger charge is -2.15. The first-order valence-corrected chi connectivity index (χ1v) is 6.21. The minimum absolute atomic E-state index is 0.0517. The van der Waals surface area contributed by atoms with Crippen LogP contribution < -0.4 is 10.6 Å². The van der Waals surface area contributed by atoms with Gasteiger partial charge in [-0.05, 0) is 19.3 Å². The van der Waals surface area contributed by atoms with Crippen molar-refractivity contribution in [1.29, 1.82) is 0 Å². The number of carboxylic acids is 1. The number of urea groups is 1. The van der Waals surface area contributed by atoms with Gasteiger partial charge in [-0.15, -0.1) is 0 Å². The smallest absolute Gasteiger partial charge is 0.315 e. The molecule has 5 nitrogen and oxygen atoms in total. The van der Waals surface area contributed by atoms with Crippen molar-refractivity contribution in [2.24, 2.45) is 5.92 Å². The number of amides is 2. The second-order valence-corrected chi connectivity index (χ2v) is 4.60. The van der Waals surface area contributed by atoms with Crippen LogP contribution in [0.3, 0.4) is 0 Å². The van der Waals surface area contributed by atoms with Gasteiger partial charge in [-0.2, -0.15) is 0 Å². The third kappa shape index (κ3) is 9.66. The molecule has 0 saturated heterocycles. The van der Waals surface area contributed by atoms with Gasteiger partial charge in [0.2, 0.25) is 0 Å². The molecule has 0 fully saturated rings. The number of carbonyl (C=O) groups is 2. The fourth-order valence-corrected chi connectivity index (χ4v) is 1.49. The molecule has 0 aliphatic heterocycles. The van der Waals surface area contributed by atoms with Crippen LogP contribution in [0.2, 0.25) is 0 Å². The average Bonchev–Trinajstić information content (AvgIpc) is 2.22. The maximum atomic E-state index is 11.4. The van der Waals surface area contributed by atoms with E-state index < -0.39 is 5.97 Å². The van der Waals surface area contributed by atoms with Crippen LogP contribution in [0.25, 0.3) is 0 Å². The van der Waals surface area contributed by atoms with Crippen molar-refractivity contribution < 1.29 is 14.7 Å². The van der Waals surface area contributed by atoms with E-state index in [1.54, 1.807) is 6.92 Å². The van der Waals surface area contributed by atoms with Gasteiger partial charge < -0.3 is 15.7 Å². The molecule has 5 heteroatoms. The Hall–Kier alpha value is -1.26. The van der Waals surface area contributed by atoms with E-state index in [-0.39, 0.29) is 24.4 Å². The zero-order chi connectivity index (χ0) is 13.3. The van der Waals surface area contributed by atoms with Crippen LogP contribution in [0.1, 0.15) is 46.5 Å². The summed E-state index contributed by atoms with van der Waals surface area (Å²) in [4.78, 5) is 21.9. The molecular weight excluding hydrogens is 220 g/mol. The molecule has 0 rings (SSSR count). The molecular formula is C12H24N2O3. The summed E-state index contributed by atoms with van der Waals surface area (Å²) in [5, 5.41) is 14.1. The number of hydrogen-bond donors (Lipinski definition) is 3. The van der Waals surface area contributed by atoms with E-state index in [9.17, 15) is 9.59 Å². The maximum Gasteiger partial charge on any atom is 0.315 e. The monoisotopic (exact) mass is 244 g/mol. The van der Waals surface area contributed by atoms with E-state index in [0.29, 0.717) is 6.54 Å². The summed E-state index contributed by atoms with van der Waals surface area (Å²) in [7, 11) is 0. The molecule has 2 unspecified atom stereocenters. The van der Waals surface area contributed by atoms with Crippen molar-refractivity contribution in [3.05, 3.63) is 0 Å². The van der Waals surface area contributed by atoms with Crippen LogP contribution >= 0.6 is 0 Å². The van der Waals surface area contributed by atoms with Crippen LogP contribution in [0.4, 0.5) is 4.79 Å². The summed E-state index contributed by atoms with van der Waals surface area (Å²) in [6.07, 6.45) is 3.25. The van der Waals surface area contributed by atoms with Gasteiger partial charge in [-0.1, -0.05) is 26.7 Å². The lowest BCUT2D eigenvalue weighted by atomic mass is 10.1. The number of carboxylic acid groups (broad SMARTS) is 1. The fourth-order valence-electron chi connectivity index (χ4n) is 1.49. The topological polar surface area (TPSA) is 78.4 Å². The van der Waals surface area contributed by atoms with Gasteiger partial charge in [-0.3, -0.25) is 4.79 Å². The molecule has 0 aromatic carbocycles. The SMILES string of the molecule is CCCCC(C)NC(=O)NCC(C)CC(=O)O. The Balaban J connectivity index is 3.68. The number of hydrogen-bond acceptors (Lipinski definition) is 2. The molecule has 0 spiro atoms. The zero-order valence-corrected chi connectivity index (χ0v) is 11.0. The molecule has 2 amide bonds. The molecule has 2 atom stereocenters. The normalized spacial score (nSPS) is 13.8. The Labute approximate surface area is 103 Å². The first-order valence-electron chi connectivity index (χ1n) is 6.21. The molecule has 0 saturated carbocycles. The minimum Gasteiger partial charge on any atom is -0.481 e. The van der Waals surface area contributed by atoms with Gasteiger partial charge in [0, 0.05) is 19.0 Å². The minimum atomic E-state index is -0.837. The Morgan fingerprint density at radius 2 is 1.94 bits per heavy atom. The molecule has 0 aromatic heterocycles. The zero-order valence-electron chi connectivity index (χ0n) is 11.0. The standard InChI is InChI=1S/C12H24N2O3/c1-4-5-6-10(3)14-12(17)13-8-9(2)7-11(15)16/h9-10H,4-8H2,1-3H3,(H,15,16)(H2,13,14,17). The maximum absolute atomic E-state index is 11.4. The van der Waals surface area contributed by atoms with Gasteiger partial charge in [0.1, 0.15) is 0 Å². The van der Waals surface area contributed by atoms with Gasteiger partial charge in [0.05, 0.1) is 0 Å². The highest BCUT2D eigenvalue weighted by Gasteiger charge is 2.10. The van der Waals surface area contributed by atoms with Crippen molar-refractivity contribution in [2.45, 2.75) is 52.5 Å². The lowest BCUT2D eigenvalue weighted by Crippen LogP contribution is -2.42. The number of carbonyl (C=O) groups excluding carboxylic acids is 1. The Kier molecular flexibility index (Phi) is 8.19. The molecule has 3 N–H and O–H groups in total. The number of unbranched alkanes of at least 4 members (excludes halogenated alkanes) is 1. The summed E-state index contributed by atoms with van der Waals surface area (Å²) in [6.45, 7) is 6.27. The molecule has 0 radical (unpaired) electrons. The second kappa shape index (κ2) is 8.84. The highest BCUT2D eigenvalue weighted by Crippen LogP contribution is 2.00. The third-order valence-electron chi connectivity index (χ3n) is 2.50. The van der Waals surface area contributed by atoms with Crippen molar-refractivity contribution >= 4 is 12.0 Å². The molecule has 100 valence electrons. The molecule has 0 bridgehead atoms. The van der Waals surface area contributed by atoms with E-state index in [2.05, 4.69) is 17.6 Å². The van der Waals surface area contributed by atoms with Crippen LogP contribution in [-0.2, 0) is 4.79 Å². The van der Waals surface area contributed by atoms with Crippen molar-refractivity contribution in [1.82, 2.24) is 10.6 Å². The van der Waals surface area contributed by atoms with E-state index in [4.69, 9.17) is 5.11 Å². The molecule has 0 heterocycles. The molecule has 17 heavy (non-hydrogen) atoms. The van der Waals surface area contributed by atoms with E-state index in [1.807, 2.05) is 6.92 Å². The Morgan fingerprint density at radius 1 is 1.29 bits per heavy atom. The van der Waals surface area contributed by atoms with Gasteiger partial charge in [0.15, 0.2) is 0 Å². The third-order valence-corrected chi connectivity index (χ3v) is 2.50. The van der Waals surface area contributed by atoms with Crippen molar-refractivity contribution in [2.75, 3.05) is 6.54 Å². The summed E-state index contributed by atoms with van der Waals surface area (Å²) >= 11 is 0. The largest absolute Gasteiger partial charge is 0.481 e. The predicted octanol–water partition coefficient (Wildman–Crippen LogP) is 1.98. The summed E-state index contributed by atoms with van der Waals surface area (Å²) in [5.41, 5.74) is 0. The molecule has 0 aliphatic carbocycles. The number of aliphatic carboxylic acids is 1. The Bertz CT molecular complexity index is 244. The van der Waals surface area contributed by atoms with Crippen LogP contribution in [0.15, 0.2) is 0 Å². The first-order chi connectivity index (χ1) is 7.95. The number of nitrogens with one attached hydrogen (secondary N) is 2. The van der Waals surface area contributed by atoms with Crippen molar-refractivity contribution in [3.8, 4) is 0 Å². The van der Waals surface area contributed by atoms with E-state index >= 15 is 0 Å². The van der Waals surface area contributed by atoms with Gasteiger partial charge in [-0.25, -0.2) is 4.79 Å². The predicted molar refractivity (Wildman–Crippen MR) is 66.9 cm³/mol. The quantitative estimate of drug-likeness (QED) is 0.611. The highest BCUT2D eigenvalue weighted by atomic mass is 16.4. The molecule has 0 aliphatic rings.